The molecule has 4 rings (SSSR count). The van der Waals surface area contributed by atoms with E-state index in [4.69, 9.17) is 9.97 Å². The Hall–Kier alpha value is -1.97. The minimum atomic E-state index is -0.548. The summed E-state index contributed by atoms with van der Waals surface area (Å²) in [5.41, 5.74) is 3.08. The molecule has 1 aromatic heterocycles. The maximum absolute atomic E-state index is 13.3. The highest BCUT2D eigenvalue weighted by Crippen LogP contribution is 2.67. The maximum Gasteiger partial charge on any atom is 0.233 e. The van der Waals surface area contributed by atoms with Crippen LogP contribution in [0.15, 0.2) is 24.3 Å². The van der Waals surface area contributed by atoms with Crippen molar-refractivity contribution >= 4 is 16.9 Å². The average molecular weight is 323 g/mol. The molecule has 3 unspecified atom stereocenters. The number of hydrogen-bond donors (Lipinski definition) is 1. The predicted octanol–water partition coefficient (Wildman–Crippen LogP) is 3.70. The number of nitrogens with zero attached hydrogens (tertiary/aromatic N) is 2. The lowest BCUT2D eigenvalue weighted by molar-refractivity contribution is -0.130. The van der Waals surface area contributed by atoms with E-state index < -0.39 is 5.41 Å². The van der Waals surface area contributed by atoms with E-state index in [-0.39, 0.29) is 17.4 Å². The fourth-order valence-corrected chi connectivity index (χ4v) is 4.78. The van der Waals surface area contributed by atoms with Crippen molar-refractivity contribution in [2.75, 3.05) is 0 Å². The summed E-state index contributed by atoms with van der Waals surface area (Å²) in [5.74, 6) is 0.444. The molecule has 2 aromatic rings. The van der Waals surface area contributed by atoms with Crippen LogP contribution in [0.3, 0.4) is 0 Å². The number of amides is 1. The van der Waals surface area contributed by atoms with Gasteiger partial charge in [-0.05, 0) is 43.7 Å². The number of benzene rings is 1. The minimum absolute atomic E-state index is 0.132. The summed E-state index contributed by atoms with van der Waals surface area (Å²) in [6.07, 6.45) is 2.82. The van der Waals surface area contributed by atoms with E-state index >= 15 is 0 Å². The molecular weight excluding hydrogens is 298 g/mol. The van der Waals surface area contributed by atoms with Gasteiger partial charge >= 0.3 is 0 Å². The molecule has 0 radical (unpaired) electrons. The average Bonchev–Trinajstić information content (AvgIpc) is 2.94. The lowest BCUT2D eigenvalue weighted by atomic mass is 9.67. The Morgan fingerprint density at radius 1 is 1.29 bits per heavy atom. The van der Waals surface area contributed by atoms with Crippen LogP contribution in [0, 0.1) is 5.41 Å². The maximum atomic E-state index is 13.3. The van der Waals surface area contributed by atoms with Gasteiger partial charge in [-0.15, -0.1) is 0 Å². The van der Waals surface area contributed by atoms with Crippen LogP contribution < -0.4 is 5.32 Å². The third-order valence-corrected chi connectivity index (χ3v) is 6.49. The van der Waals surface area contributed by atoms with E-state index in [0.29, 0.717) is 5.92 Å². The van der Waals surface area contributed by atoms with E-state index in [2.05, 4.69) is 33.0 Å². The summed E-state index contributed by atoms with van der Waals surface area (Å²) in [6, 6.07) is 8.15. The molecular formula is C20H25N3O. The summed E-state index contributed by atoms with van der Waals surface area (Å²) in [6.45, 7) is 8.60. The lowest BCUT2D eigenvalue weighted by Gasteiger charge is -2.37. The summed E-state index contributed by atoms with van der Waals surface area (Å²) in [7, 11) is 0. The summed E-state index contributed by atoms with van der Waals surface area (Å²) in [4.78, 5) is 23.2. The lowest BCUT2D eigenvalue weighted by Crippen LogP contribution is -2.51. The SMILES string of the molecule is CCC(C)NC(=O)C12CCC(c3nc4ccccc4nc31)C2(C)C. The Kier molecular flexibility index (Phi) is 3.25. The van der Waals surface area contributed by atoms with Crippen molar-refractivity contribution in [2.45, 2.75) is 64.3 Å². The molecule has 2 aliphatic rings. The van der Waals surface area contributed by atoms with Crippen LogP contribution in [0.1, 0.15) is 64.3 Å². The van der Waals surface area contributed by atoms with Crippen LogP contribution in [0.4, 0.5) is 0 Å². The van der Waals surface area contributed by atoms with E-state index in [9.17, 15) is 4.79 Å². The smallest absolute Gasteiger partial charge is 0.233 e. The van der Waals surface area contributed by atoms with Crippen molar-refractivity contribution in [3.63, 3.8) is 0 Å². The summed E-state index contributed by atoms with van der Waals surface area (Å²) in [5, 5.41) is 3.23. The number of para-hydroxylation sites is 2. The van der Waals surface area contributed by atoms with E-state index in [1.807, 2.05) is 24.3 Å². The molecule has 1 amide bonds. The van der Waals surface area contributed by atoms with Gasteiger partial charge in [0.1, 0.15) is 0 Å². The normalized spacial score (nSPS) is 27.9. The molecule has 1 saturated carbocycles. The zero-order chi connectivity index (χ0) is 17.1. The van der Waals surface area contributed by atoms with Crippen molar-refractivity contribution in [3.05, 3.63) is 35.7 Å². The van der Waals surface area contributed by atoms with E-state index in [0.717, 1.165) is 41.7 Å². The van der Waals surface area contributed by atoms with Gasteiger partial charge in [0.25, 0.3) is 0 Å². The molecule has 1 fully saturated rings. The van der Waals surface area contributed by atoms with Gasteiger partial charge < -0.3 is 5.32 Å². The Balaban J connectivity index is 1.91. The van der Waals surface area contributed by atoms with Gasteiger partial charge in [-0.1, -0.05) is 32.9 Å². The van der Waals surface area contributed by atoms with Gasteiger partial charge in [-0.25, -0.2) is 9.97 Å². The highest BCUT2D eigenvalue weighted by atomic mass is 16.2. The highest BCUT2D eigenvalue weighted by molar-refractivity contribution is 5.92. The number of carbonyl (C=O) groups excluding carboxylic acids is 1. The molecule has 1 N–H and O–H groups in total. The van der Waals surface area contributed by atoms with Gasteiger partial charge in [-0.3, -0.25) is 4.79 Å². The summed E-state index contributed by atoms with van der Waals surface area (Å²) >= 11 is 0. The monoisotopic (exact) mass is 323 g/mol. The van der Waals surface area contributed by atoms with Crippen LogP contribution in [-0.4, -0.2) is 21.9 Å². The molecule has 1 aromatic carbocycles. The molecule has 0 aliphatic heterocycles. The van der Waals surface area contributed by atoms with Crippen molar-refractivity contribution in [3.8, 4) is 0 Å². The molecule has 126 valence electrons. The van der Waals surface area contributed by atoms with Gasteiger partial charge in [-0.2, -0.15) is 0 Å². The number of carbonyl (C=O) groups is 1. The molecule has 2 aliphatic carbocycles. The predicted molar refractivity (Wildman–Crippen MR) is 94.9 cm³/mol. The Labute approximate surface area is 143 Å². The molecule has 1 heterocycles. The highest BCUT2D eigenvalue weighted by Gasteiger charge is 2.67. The van der Waals surface area contributed by atoms with Gasteiger partial charge in [0.2, 0.25) is 5.91 Å². The largest absolute Gasteiger partial charge is 0.353 e. The first kappa shape index (κ1) is 15.6. The van der Waals surface area contributed by atoms with Crippen LogP contribution in [0.5, 0.6) is 0 Å². The second-order valence-corrected chi connectivity index (χ2v) is 7.95. The minimum Gasteiger partial charge on any atom is -0.353 e. The Morgan fingerprint density at radius 2 is 1.96 bits per heavy atom. The molecule has 2 bridgehead atoms. The third-order valence-electron chi connectivity index (χ3n) is 6.49. The number of fused-ring (bicyclic) bond motifs is 6. The first-order chi connectivity index (χ1) is 11.4. The molecule has 24 heavy (non-hydrogen) atoms. The number of hydrogen-bond acceptors (Lipinski definition) is 3. The van der Waals surface area contributed by atoms with Crippen molar-refractivity contribution in [1.82, 2.24) is 15.3 Å². The van der Waals surface area contributed by atoms with Gasteiger partial charge in [0, 0.05) is 12.0 Å². The fraction of sp³-hybridized carbons (Fsp3) is 0.550. The Bertz CT molecular complexity index is 829. The zero-order valence-electron chi connectivity index (χ0n) is 14.9. The number of rotatable bonds is 3. The molecule has 0 spiro atoms. The Morgan fingerprint density at radius 3 is 2.62 bits per heavy atom. The first-order valence-electron chi connectivity index (χ1n) is 9.00. The number of aromatic nitrogens is 2. The van der Waals surface area contributed by atoms with Gasteiger partial charge in [0.05, 0.1) is 27.8 Å². The first-order valence-corrected chi connectivity index (χ1v) is 9.00. The second kappa shape index (κ2) is 5.01. The van der Waals surface area contributed by atoms with Crippen LogP contribution in [-0.2, 0) is 10.2 Å². The fourth-order valence-electron chi connectivity index (χ4n) is 4.78. The second-order valence-electron chi connectivity index (χ2n) is 7.95. The quantitative estimate of drug-likeness (QED) is 0.937. The van der Waals surface area contributed by atoms with Gasteiger partial charge in [0.15, 0.2) is 0 Å². The standard InChI is InChI=1S/C20H25N3O/c1-5-12(2)21-18(24)20-11-10-13(19(20,3)4)16-17(20)23-15-9-7-6-8-14(15)22-16/h6-9,12-13H,5,10-11H2,1-4H3,(H,21,24). The zero-order valence-corrected chi connectivity index (χ0v) is 14.9. The third kappa shape index (κ3) is 1.77. The molecule has 3 atom stereocenters. The van der Waals surface area contributed by atoms with Crippen LogP contribution in [0.25, 0.3) is 11.0 Å². The van der Waals surface area contributed by atoms with Crippen molar-refractivity contribution in [2.24, 2.45) is 5.41 Å². The van der Waals surface area contributed by atoms with Crippen LogP contribution >= 0.6 is 0 Å². The van der Waals surface area contributed by atoms with Crippen LogP contribution in [0.2, 0.25) is 0 Å². The number of nitrogens with one attached hydrogen (secondary N) is 1. The van der Waals surface area contributed by atoms with E-state index in [1.165, 1.54) is 0 Å². The molecule has 0 saturated heterocycles. The molecule has 4 heteroatoms. The van der Waals surface area contributed by atoms with Crippen molar-refractivity contribution < 1.29 is 4.79 Å². The topological polar surface area (TPSA) is 54.9 Å². The van der Waals surface area contributed by atoms with E-state index in [1.54, 1.807) is 0 Å². The summed E-state index contributed by atoms with van der Waals surface area (Å²) < 4.78 is 0. The molecule has 4 nitrogen and oxygen atoms in total. The van der Waals surface area contributed by atoms with Crippen molar-refractivity contribution in [1.29, 1.82) is 0 Å².